The standard InChI is InChI=1S/C13H15N3O2/c1-16-7-9(8-16)17-12-5-3-2-4-10(12)11-6-15-18-13(11)14/h2-6,9H,7-8,14H2,1H3. The summed E-state index contributed by atoms with van der Waals surface area (Å²) < 4.78 is 10.9. The van der Waals surface area contributed by atoms with Gasteiger partial charge in [-0.1, -0.05) is 23.4 Å². The van der Waals surface area contributed by atoms with Gasteiger partial charge in [0, 0.05) is 18.7 Å². The van der Waals surface area contributed by atoms with Crippen molar-refractivity contribution in [1.82, 2.24) is 10.1 Å². The second-order valence-corrected chi connectivity index (χ2v) is 4.56. The number of nitrogens with two attached hydrogens (primary N) is 1. The molecule has 0 unspecified atom stereocenters. The molecule has 1 fully saturated rings. The van der Waals surface area contributed by atoms with Crippen molar-refractivity contribution in [2.24, 2.45) is 0 Å². The highest BCUT2D eigenvalue weighted by Gasteiger charge is 2.26. The summed E-state index contributed by atoms with van der Waals surface area (Å²) in [6.07, 6.45) is 1.86. The van der Waals surface area contributed by atoms with Crippen LogP contribution in [0.25, 0.3) is 11.1 Å². The van der Waals surface area contributed by atoms with E-state index in [2.05, 4.69) is 17.1 Å². The maximum atomic E-state index is 5.96. The van der Waals surface area contributed by atoms with Crippen LogP contribution in [0.1, 0.15) is 0 Å². The Morgan fingerprint density at radius 3 is 2.78 bits per heavy atom. The van der Waals surface area contributed by atoms with Gasteiger partial charge < -0.3 is 15.0 Å². The summed E-state index contributed by atoms with van der Waals surface area (Å²) in [5, 5.41) is 3.70. The number of benzene rings is 1. The first-order chi connectivity index (χ1) is 8.74. The van der Waals surface area contributed by atoms with Crippen molar-refractivity contribution in [1.29, 1.82) is 0 Å². The van der Waals surface area contributed by atoms with E-state index in [0.717, 1.165) is 30.0 Å². The van der Waals surface area contributed by atoms with E-state index in [1.54, 1.807) is 6.20 Å². The van der Waals surface area contributed by atoms with Gasteiger partial charge in [0.25, 0.3) is 0 Å². The number of nitrogen functional groups attached to an aromatic ring is 1. The first-order valence-corrected chi connectivity index (χ1v) is 5.89. The third kappa shape index (κ3) is 1.93. The van der Waals surface area contributed by atoms with Gasteiger partial charge in [-0.05, 0) is 13.1 Å². The Morgan fingerprint density at radius 1 is 1.33 bits per heavy atom. The molecule has 0 spiro atoms. The number of hydrogen-bond acceptors (Lipinski definition) is 5. The Balaban J connectivity index is 1.88. The van der Waals surface area contributed by atoms with Crippen molar-refractivity contribution in [2.45, 2.75) is 6.10 Å². The van der Waals surface area contributed by atoms with Crippen molar-refractivity contribution in [3.8, 4) is 16.9 Å². The molecule has 0 amide bonds. The zero-order valence-electron chi connectivity index (χ0n) is 10.2. The summed E-state index contributed by atoms with van der Waals surface area (Å²) in [6.45, 7) is 1.90. The van der Waals surface area contributed by atoms with Gasteiger partial charge in [-0.2, -0.15) is 0 Å². The zero-order chi connectivity index (χ0) is 12.5. The van der Waals surface area contributed by atoms with Crippen LogP contribution in [-0.2, 0) is 0 Å². The summed E-state index contributed by atoms with van der Waals surface area (Å²) in [7, 11) is 2.07. The lowest BCUT2D eigenvalue weighted by Gasteiger charge is -2.36. The number of nitrogens with zero attached hydrogens (tertiary/aromatic N) is 2. The first-order valence-electron chi connectivity index (χ1n) is 5.89. The highest BCUT2D eigenvalue weighted by atomic mass is 16.5. The van der Waals surface area contributed by atoms with E-state index in [0.29, 0.717) is 5.88 Å². The van der Waals surface area contributed by atoms with Crippen molar-refractivity contribution >= 4 is 5.88 Å². The van der Waals surface area contributed by atoms with Gasteiger partial charge in [0.1, 0.15) is 11.9 Å². The lowest BCUT2D eigenvalue weighted by atomic mass is 10.1. The van der Waals surface area contributed by atoms with E-state index in [1.165, 1.54) is 0 Å². The van der Waals surface area contributed by atoms with Crippen molar-refractivity contribution in [2.75, 3.05) is 25.9 Å². The Hall–Kier alpha value is -2.01. The second-order valence-electron chi connectivity index (χ2n) is 4.56. The van der Waals surface area contributed by atoms with Crippen molar-refractivity contribution in [3.05, 3.63) is 30.5 Å². The molecule has 94 valence electrons. The highest BCUT2D eigenvalue weighted by Crippen LogP contribution is 2.34. The van der Waals surface area contributed by atoms with E-state index in [1.807, 2.05) is 24.3 Å². The molecule has 2 heterocycles. The molecule has 0 atom stereocenters. The summed E-state index contributed by atoms with van der Waals surface area (Å²) in [4.78, 5) is 2.21. The molecule has 1 aliphatic rings. The molecule has 1 aliphatic heterocycles. The molecule has 1 aromatic carbocycles. The van der Waals surface area contributed by atoms with E-state index in [9.17, 15) is 0 Å². The molecule has 18 heavy (non-hydrogen) atoms. The third-order valence-corrected chi connectivity index (χ3v) is 3.10. The van der Waals surface area contributed by atoms with Gasteiger partial charge >= 0.3 is 0 Å². The van der Waals surface area contributed by atoms with Gasteiger partial charge in [-0.15, -0.1) is 0 Å². The molecule has 0 aliphatic carbocycles. The summed E-state index contributed by atoms with van der Waals surface area (Å²) in [5.41, 5.74) is 7.45. The topological polar surface area (TPSA) is 64.5 Å². The fourth-order valence-corrected chi connectivity index (χ4v) is 2.14. The molecule has 0 bridgehead atoms. The minimum atomic E-state index is 0.247. The predicted molar refractivity (Wildman–Crippen MR) is 68.3 cm³/mol. The molecule has 3 rings (SSSR count). The van der Waals surface area contributed by atoms with Crippen LogP contribution in [0.15, 0.2) is 35.0 Å². The molecule has 1 aromatic heterocycles. The van der Waals surface area contributed by atoms with Crippen LogP contribution in [0.5, 0.6) is 5.75 Å². The Bertz CT molecular complexity index is 547. The second kappa shape index (κ2) is 4.34. The number of para-hydroxylation sites is 1. The quantitative estimate of drug-likeness (QED) is 0.890. The maximum absolute atomic E-state index is 5.96. The number of rotatable bonds is 3. The Labute approximate surface area is 105 Å². The van der Waals surface area contributed by atoms with Crippen LogP contribution < -0.4 is 10.5 Å². The van der Waals surface area contributed by atoms with Crippen molar-refractivity contribution < 1.29 is 9.26 Å². The first kappa shape index (κ1) is 11.1. The highest BCUT2D eigenvalue weighted by molar-refractivity contribution is 5.76. The molecule has 0 saturated carbocycles. The number of ether oxygens (including phenoxy) is 1. The van der Waals surface area contributed by atoms with E-state index in [-0.39, 0.29) is 6.10 Å². The molecular formula is C13H15N3O2. The van der Waals surface area contributed by atoms with Gasteiger partial charge in [-0.3, -0.25) is 4.90 Å². The van der Waals surface area contributed by atoms with Crippen LogP contribution >= 0.6 is 0 Å². The largest absolute Gasteiger partial charge is 0.487 e. The van der Waals surface area contributed by atoms with Gasteiger partial charge in [0.05, 0.1) is 11.8 Å². The molecule has 2 N–H and O–H groups in total. The molecular weight excluding hydrogens is 230 g/mol. The average Bonchev–Trinajstić information content (AvgIpc) is 2.74. The molecule has 5 nitrogen and oxygen atoms in total. The Morgan fingerprint density at radius 2 is 2.11 bits per heavy atom. The minimum Gasteiger partial charge on any atom is -0.487 e. The molecule has 2 aromatic rings. The molecule has 1 saturated heterocycles. The normalized spacial score (nSPS) is 16.5. The number of likely N-dealkylation sites (N-methyl/N-ethyl adjacent to an activating group) is 1. The Kier molecular flexibility index (Phi) is 2.68. The summed E-state index contributed by atoms with van der Waals surface area (Å²) in [5.74, 6) is 1.14. The number of hydrogen-bond donors (Lipinski definition) is 1. The monoisotopic (exact) mass is 245 g/mol. The molecule has 0 radical (unpaired) electrons. The minimum absolute atomic E-state index is 0.247. The van der Waals surface area contributed by atoms with Crippen LogP contribution in [-0.4, -0.2) is 36.3 Å². The van der Waals surface area contributed by atoms with E-state index in [4.69, 9.17) is 15.0 Å². The maximum Gasteiger partial charge on any atom is 0.230 e. The van der Waals surface area contributed by atoms with Gasteiger partial charge in [-0.25, -0.2) is 0 Å². The average molecular weight is 245 g/mol. The fourth-order valence-electron chi connectivity index (χ4n) is 2.14. The third-order valence-electron chi connectivity index (χ3n) is 3.10. The molecule has 5 heteroatoms. The lowest BCUT2D eigenvalue weighted by molar-refractivity contribution is 0.0392. The number of aromatic nitrogens is 1. The smallest absolute Gasteiger partial charge is 0.230 e. The lowest BCUT2D eigenvalue weighted by Crippen LogP contribution is -2.51. The van der Waals surface area contributed by atoms with Crippen LogP contribution in [0.3, 0.4) is 0 Å². The van der Waals surface area contributed by atoms with Crippen LogP contribution in [0, 0.1) is 0 Å². The zero-order valence-corrected chi connectivity index (χ0v) is 10.2. The summed E-state index contributed by atoms with van der Waals surface area (Å²) in [6, 6.07) is 7.80. The van der Waals surface area contributed by atoms with E-state index >= 15 is 0 Å². The van der Waals surface area contributed by atoms with E-state index < -0.39 is 0 Å². The number of anilines is 1. The summed E-state index contributed by atoms with van der Waals surface area (Å²) >= 11 is 0. The van der Waals surface area contributed by atoms with Gasteiger partial charge in [0.15, 0.2) is 0 Å². The van der Waals surface area contributed by atoms with Gasteiger partial charge in [0.2, 0.25) is 5.88 Å². The predicted octanol–water partition coefficient (Wildman–Crippen LogP) is 1.62. The number of likely N-dealkylation sites (tertiary alicyclic amines) is 1. The van der Waals surface area contributed by atoms with Crippen molar-refractivity contribution in [3.63, 3.8) is 0 Å². The SMILES string of the molecule is CN1CC(Oc2ccccc2-c2cnoc2N)C1. The van der Waals surface area contributed by atoms with Crippen LogP contribution in [0.2, 0.25) is 0 Å². The van der Waals surface area contributed by atoms with Crippen LogP contribution in [0.4, 0.5) is 5.88 Å². The fraction of sp³-hybridized carbons (Fsp3) is 0.308.